The minimum atomic E-state index is 0.483. The molecule has 0 aromatic carbocycles. The summed E-state index contributed by atoms with van der Waals surface area (Å²) in [6.07, 6.45) is 12.7. The van der Waals surface area contributed by atoms with E-state index in [-0.39, 0.29) is 0 Å². The van der Waals surface area contributed by atoms with E-state index in [9.17, 15) is 0 Å². The van der Waals surface area contributed by atoms with Crippen molar-refractivity contribution in [2.45, 2.75) is 77.7 Å². The average Bonchev–Trinajstić information content (AvgIpc) is 2.88. The molecule has 1 saturated carbocycles. The number of hydrogen-bond donors (Lipinski definition) is 1. The SMILES string of the molecule is CCCC(CS)(CCC)CN1CCCC2CCCC21. The van der Waals surface area contributed by atoms with Gasteiger partial charge >= 0.3 is 0 Å². The van der Waals surface area contributed by atoms with Crippen LogP contribution < -0.4 is 0 Å². The third-order valence-corrected chi connectivity index (χ3v) is 6.21. The summed E-state index contributed by atoms with van der Waals surface area (Å²) < 4.78 is 0. The molecule has 2 fully saturated rings. The normalized spacial score (nSPS) is 28.6. The molecule has 0 spiro atoms. The monoisotopic (exact) mass is 283 g/mol. The number of hydrogen-bond acceptors (Lipinski definition) is 2. The highest BCUT2D eigenvalue weighted by molar-refractivity contribution is 7.80. The number of nitrogens with zero attached hydrogens (tertiary/aromatic N) is 1. The Morgan fingerprint density at radius 1 is 1.05 bits per heavy atom. The first-order valence-electron chi connectivity index (χ1n) is 8.59. The van der Waals surface area contributed by atoms with Gasteiger partial charge in [-0.3, -0.25) is 4.90 Å². The summed E-state index contributed by atoms with van der Waals surface area (Å²) >= 11 is 4.74. The van der Waals surface area contributed by atoms with E-state index in [2.05, 4.69) is 18.7 Å². The van der Waals surface area contributed by atoms with E-state index in [1.165, 1.54) is 70.9 Å². The van der Waals surface area contributed by atoms with Gasteiger partial charge in [0.1, 0.15) is 0 Å². The largest absolute Gasteiger partial charge is 0.300 e. The van der Waals surface area contributed by atoms with Crippen LogP contribution in [0.25, 0.3) is 0 Å². The van der Waals surface area contributed by atoms with Crippen molar-refractivity contribution >= 4 is 12.6 Å². The fraction of sp³-hybridized carbons (Fsp3) is 1.00. The van der Waals surface area contributed by atoms with Gasteiger partial charge < -0.3 is 0 Å². The number of likely N-dealkylation sites (tertiary alicyclic amines) is 1. The molecule has 2 heteroatoms. The van der Waals surface area contributed by atoms with Crippen LogP contribution in [0.4, 0.5) is 0 Å². The molecule has 1 nitrogen and oxygen atoms in total. The Balaban J connectivity index is 2.02. The zero-order valence-electron chi connectivity index (χ0n) is 13.0. The number of piperidine rings is 1. The Labute approximate surface area is 125 Å². The molecule has 2 unspecified atom stereocenters. The van der Waals surface area contributed by atoms with E-state index in [0.717, 1.165) is 17.7 Å². The maximum Gasteiger partial charge on any atom is 0.0124 e. The molecule has 0 amide bonds. The van der Waals surface area contributed by atoms with E-state index in [4.69, 9.17) is 12.6 Å². The van der Waals surface area contributed by atoms with Gasteiger partial charge in [0, 0.05) is 12.6 Å². The van der Waals surface area contributed by atoms with Gasteiger partial charge in [-0.15, -0.1) is 0 Å². The van der Waals surface area contributed by atoms with Crippen molar-refractivity contribution in [1.82, 2.24) is 4.90 Å². The van der Waals surface area contributed by atoms with Gasteiger partial charge in [0.15, 0.2) is 0 Å². The Hall–Kier alpha value is 0.310. The van der Waals surface area contributed by atoms with Crippen molar-refractivity contribution in [2.24, 2.45) is 11.3 Å². The van der Waals surface area contributed by atoms with E-state index in [1.807, 2.05) is 0 Å². The molecular formula is C17H33NS. The summed E-state index contributed by atoms with van der Waals surface area (Å²) in [6.45, 7) is 7.34. The lowest BCUT2D eigenvalue weighted by atomic mass is 9.79. The van der Waals surface area contributed by atoms with E-state index in [1.54, 1.807) is 0 Å². The highest BCUT2D eigenvalue weighted by Gasteiger charge is 2.38. The molecule has 2 atom stereocenters. The predicted molar refractivity (Wildman–Crippen MR) is 88.0 cm³/mol. The van der Waals surface area contributed by atoms with Gasteiger partial charge in [0.25, 0.3) is 0 Å². The first-order valence-corrected chi connectivity index (χ1v) is 9.23. The summed E-state index contributed by atoms with van der Waals surface area (Å²) in [7, 11) is 0. The molecule has 112 valence electrons. The highest BCUT2D eigenvalue weighted by Crippen LogP contribution is 2.40. The summed E-state index contributed by atoms with van der Waals surface area (Å²) in [5.41, 5.74) is 0.483. The average molecular weight is 284 g/mol. The van der Waals surface area contributed by atoms with Crippen molar-refractivity contribution in [3.05, 3.63) is 0 Å². The Morgan fingerprint density at radius 3 is 2.37 bits per heavy atom. The van der Waals surface area contributed by atoms with Gasteiger partial charge in [0.2, 0.25) is 0 Å². The molecular weight excluding hydrogens is 250 g/mol. The topological polar surface area (TPSA) is 3.24 Å². The van der Waals surface area contributed by atoms with Crippen LogP contribution in [0.2, 0.25) is 0 Å². The molecule has 0 N–H and O–H groups in total. The van der Waals surface area contributed by atoms with Crippen LogP contribution in [0.5, 0.6) is 0 Å². The number of thiol groups is 1. The first kappa shape index (κ1) is 15.7. The fourth-order valence-electron chi connectivity index (χ4n) is 4.74. The van der Waals surface area contributed by atoms with E-state index < -0.39 is 0 Å². The van der Waals surface area contributed by atoms with Crippen molar-refractivity contribution < 1.29 is 0 Å². The highest BCUT2D eigenvalue weighted by atomic mass is 32.1. The van der Waals surface area contributed by atoms with Gasteiger partial charge in [-0.1, -0.05) is 33.1 Å². The van der Waals surface area contributed by atoms with Crippen molar-refractivity contribution in [3.63, 3.8) is 0 Å². The summed E-state index contributed by atoms with van der Waals surface area (Å²) in [4.78, 5) is 2.86. The molecule has 0 radical (unpaired) electrons. The zero-order chi connectivity index (χ0) is 13.7. The van der Waals surface area contributed by atoms with E-state index >= 15 is 0 Å². The Bertz CT molecular complexity index is 260. The molecule has 0 aromatic rings. The minimum absolute atomic E-state index is 0.483. The lowest BCUT2D eigenvalue weighted by molar-refractivity contribution is 0.0590. The van der Waals surface area contributed by atoms with E-state index in [0.29, 0.717) is 5.41 Å². The molecule has 1 heterocycles. The summed E-state index contributed by atoms with van der Waals surface area (Å²) in [5, 5.41) is 0. The second-order valence-corrected chi connectivity index (χ2v) is 7.35. The number of rotatable bonds is 7. The third-order valence-electron chi connectivity index (χ3n) is 5.54. The van der Waals surface area contributed by atoms with Crippen LogP contribution in [-0.4, -0.2) is 29.8 Å². The fourth-order valence-corrected chi connectivity index (χ4v) is 5.15. The molecule has 0 aromatic heterocycles. The summed E-state index contributed by atoms with van der Waals surface area (Å²) in [6, 6.07) is 0.918. The maximum atomic E-state index is 4.74. The lowest BCUT2D eigenvalue weighted by Gasteiger charge is -2.44. The molecule has 0 bridgehead atoms. The van der Waals surface area contributed by atoms with Crippen molar-refractivity contribution in [1.29, 1.82) is 0 Å². The Morgan fingerprint density at radius 2 is 1.74 bits per heavy atom. The van der Waals surface area contributed by atoms with Gasteiger partial charge in [-0.25, -0.2) is 0 Å². The molecule has 1 saturated heterocycles. The van der Waals surface area contributed by atoms with Crippen LogP contribution in [-0.2, 0) is 0 Å². The molecule has 1 aliphatic heterocycles. The quantitative estimate of drug-likeness (QED) is 0.659. The predicted octanol–water partition coefficient (Wildman–Crippen LogP) is 4.77. The standard InChI is InChI=1S/C17H33NS/c1-3-10-17(14-19,11-4-2)13-18-12-6-8-15-7-5-9-16(15)18/h15-16,19H,3-14H2,1-2H3. The second kappa shape index (κ2) is 7.36. The van der Waals surface area contributed by atoms with Crippen LogP contribution in [0, 0.1) is 11.3 Å². The molecule has 2 rings (SSSR count). The molecule has 19 heavy (non-hydrogen) atoms. The third kappa shape index (κ3) is 3.69. The maximum absolute atomic E-state index is 4.74. The first-order chi connectivity index (χ1) is 9.24. The van der Waals surface area contributed by atoms with Crippen molar-refractivity contribution in [2.75, 3.05) is 18.8 Å². The van der Waals surface area contributed by atoms with Gasteiger partial charge in [-0.05, 0) is 62.2 Å². The van der Waals surface area contributed by atoms with Crippen LogP contribution >= 0.6 is 12.6 Å². The van der Waals surface area contributed by atoms with Crippen LogP contribution in [0.3, 0.4) is 0 Å². The second-order valence-electron chi connectivity index (χ2n) is 7.03. The van der Waals surface area contributed by atoms with Crippen LogP contribution in [0.15, 0.2) is 0 Å². The Kier molecular flexibility index (Phi) is 6.08. The number of fused-ring (bicyclic) bond motifs is 1. The molecule has 1 aliphatic carbocycles. The smallest absolute Gasteiger partial charge is 0.0124 e. The molecule has 2 aliphatic rings. The lowest BCUT2D eigenvalue weighted by Crippen LogP contribution is -2.48. The van der Waals surface area contributed by atoms with Gasteiger partial charge in [0.05, 0.1) is 0 Å². The van der Waals surface area contributed by atoms with Gasteiger partial charge in [-0.2, -0.15) is 12.6 Å². The zero-order valence-corrected chi connectivity index (χ0v) is 13.9. The van der Waals surface area contributed by atoms with Crippen LogP contribution in [0.1, 0.15) is 71.6 Å². The summed E-state index contributed by atoms with van der Waals surface area (Å²) in [5.74, 6) is 2.09. The minimum Gasteiger partial charge on any atom is -0.300 e. The van der Waals surface area contributed by atoms with Crippen molar-refractivity contribution in [3.8, 4) is 0 Å².